The molecular weight excluding hydrogens is 413 g/mol. The Morgan fingerprint density at radius 1 is 1.27 bits per heavy atom. The van der Waals surface area contributed by atoms with Crippen LogP contribution in [-0.4, -0.2) is 31.5 Å². The second-order valence-corrected chi connectivity index (χ2v) is 5.16. The lowest BCUT2D eigenvalue weighted by Gasteiger charge is -2.22. The van der Waals surface area contributed by atoms with Crippen molar-refractivity contribution in [3.05, 3.63) is 59.0 Å². The fourth-order valence-electron chi connectivity index (χ4n) is 2.09. The van der Waals surface area contributed by atoms with Crippen molar-refractivity contribution in [1.82, 2.24) is 10.2 Å². The van der Waals surface area contributed by atoms with E-state index in [4.69, 9.17) is 16.0 Å². The number of aliphatic imine (C=N–C) groups is 1. The Morgan fingerprint density at radius 3 is 2.68 bits per heavy atom. The van der Waals surface area contributed by atoms with E-state index >= 15 is 0 Å². The van der Waals surface area contributed by atoms with E-state index in [1.807, 2.05) is 48.3 Å². The van der Waals surface area contributed by atoms with Crippen molar-refractivity contribution >= 4 is 41.5 Å². The Labute approximate surface area is 153 Å². The number of rotatable bonds is 5. The molecule has 120 valence electrons. The number of benzene rings is 1. The maximum Gasteiger partial charge on any atom is 0.193 e. The zero-order valence-electron chi connectivity index (χ0n) is 12.8. The van der Waals surface area contributed by atoms with Gasteiger partial charge in [-0.2, -0.15) is 0 Å². The van der Waals surface area contributed by atoms with Gasteiger partial charge in [-0.15, -0.1) is 24.0 Å². The van der Waals surface area contributed by atoms with Crippen LogP contribution in [0.15, 0.2) is 52.1 Å². The van der Waals surface area contributed by atoms with Gasteiger partial charge in [0.25, 0.3) is 0 Å². The third-order valence-electron chi connectivity index (χ3n) is 3.17. The van der Waals surface area contributed by atoms with Gasteiger partial charge in [0.1, 0.15) is 5.76 Å². The highest BCUT2D eigenvalue weighted by Gasteiger charge is 2.08. The van der Waals surface area contributed by atoms with Crippen molar-refractivity contribution in [3.63, 3.8) is 0 Å². The molecule has 0 saturated heterocycles. The van der Waals surface area contributed by atoms with Crippen LogP contribution in [0.5, 0.6) is 0 Å². The molecular formula is C16H21ClIN3O. The molecule has 4 nitrogen and oxygen atoms in total. The van der Waals surface area contributed by atoms with Crippen LogP contribution in [0.1, 0.15) is 11.3 Å². The van der Waals surface area contributed by atoms with Crippen LogP contribution in [0, 0.1) is 0 Å². The Balaban J connectivity index is 0.00000242. The number of nitrogens with zero attached hydrogens (tertiary/aromatic N) is 2. The fourth-order valence-corrected chi connectivity index (χ4v) is 2.29. The summed E-state index contributed by atoms with van der Waals surface area (Å²) in [5, 5.41) is 4.09. The standard InChI is InChI=1S/C16H20ClN3O.HI/c1-18-16(19-10-9-14-7-5-11-21-14)20(2)12-13-6-3-4-8-15(13)17;/h3-8,11H,9-10,12H2,1-2H3,(H,18,19);1H. The van der Waals surface area contributed by atoms with E-state index < -0.39 is 0 Å². The molecule has 2 aromatic rings. The van der Waals surface area contributed by atoms with Gasteiger partial charge in [0.15, 0.2) is 5.96 Å². The van der Waals surface area contributed by atoms with Crippen molar-refractivity contribution in [2.45, 2.75) is 13.0 Å². The first-order chi connectivity index (χ1) is 10.2. The second-order valence-electron chi connectivity index (χ2n) is 4.75. The lowest BCUT2D eigenvalue weighted by Crippen LogP contribution is -2.39. The summed E-state index contributed by atoms with van der Waals surface area (Å²) in [7, 11) is 3.77. The smallest absolute Gasteiger partial charge is 0.193 e. The molecule has 0 unspecified atom stereocenters. The van der Waals surface area contributed by atoms with E-state index in [-0.39, 0.29) is 24.0 Å². The topological polar surface area (TPSA) is 40.8 Å². The molecule has 0 aliphatic rings. The highest BCUT2D eigenvalue weighted by atomic mass is 127. The number of furan rings is 1. The molecule has 2 rings (SSSR count). The summed E-state index contributed by atoms with van der Waals surface area (Å²) in [5.74, 6) is 1.80. The first-order valence-electron chi connectivity index (χ1n) is 6.88. The summed E-state index contributed by atoms with van der Waals surface area (Å²) in [6.07, 6.45) is 2.51. The zero-order valence-corrected chi connectivity index (χ0v) is 15.8. The molecule has 0 aliphatic heterocycles. The van der Waals surface area contributed by atoms with Gasteiger partial charge < -0.3 is 14.6 Å². The molecule has 0 radical (unpaired) electrons. The monoisotopic (exact) mass is 433 g/mol. The van der Waals surface area contributed by atoms with E-state index in [2.05, 4.69) is 10.3 Å². The maximum atomic E-state index is 6.19. The molecule has 6 heteroatoms. The number of guanidine groups is 1. The SMILES string of the molecule is CN=C(NCCc1ccco1)N(C)Cc1ccccc1Cl.I. The molecule has 22 heavy (non-hydrogen) atoms. The highest BCUT2D eigenvalue weighted by molar-refractivity contribution is 14.0. The largest absolute Gasteiger partial charge is 0.469 e. The average Bonchev–Trinajstić information content (AvgIpc) is 2.99. The van der Waals surface area contributed by atoms with Crippen LogP contribution in [0.4, 0.5) is 0 Å². The van der Waals surface area contributed by atoms with Gasteiger partial charge in [-0.3, -0.25) is 4.99 Å². The summed E-state index contributed by atoms with van der Waals surface area (Å²) < 4.78 is 5.31. The highest BCUT2D eigenvalue weighted by Crippen LogP contribution is 2.16. The van der Waals surface area contributed by atoms with E-state index in [1.54, 1.807) is 13.3 Å². The van der Waals surface area contributed by atoms with Gasteiger partial charge in [-0.25, -0.2) is 0 Å². The lowest BCUT2D eigenvalue weighted by atomic mass is 10.2. The van der Waals surface area contributed by atoms with Gasteiger partial charge >= 0.3 is 0 Å². The van der Waals surface area contributed by atoms with Gasteiger partial charge in [-0.05, 0) is 23.8 Å². The molecule has 0 bridgehead atoms. The molecule has 1 heterocycles. The molecule has 0 amide bonds. The van der Waals surface area contributed by atoms with Crippen LogP contribution >= 0.6 is 35.6 Å². The van der Waals surface area contributed by atoms with Crippen LogP contribution < -0.4 is 5.32 Å². The minimum atomic E-state index is 0. The molecule has 0 aliphatic carbocycles. The number of halogens is 2. The van der Waals surface area contributed by atoms with Gasteiger partial charge in [0, 0.05) is 38.6 Å². The lowest BCUT2D eigenvalue weighted by molar-refractivity contribution is 0.470. The predicted molar refractivity (Wildman–Crippen MR) is 102 cm³/mol. The van der Waals surface area contributed by atoms with Crippen molar-refractivity contribution < 1.29 is 4.42 Å². The number of hydrogen-bond donors (Lipinski definition) is 1. The van der Waals surface area contributed by atoms with Gasteiger partial charge in [0.2, 0.25) is 0 Å². The molecule has 1 N–H and O–H groups in total. The van der Waals surface area contributed by atoms with E-state index in [0.29, 0.717) is 6.54 Å². The van der Waals surface area contributed by atoms with Crippen molar-refractivity contribution in [1.29, 1.82) is 0 Å². The van der Waals surface area contributed by atoms with Crippen LogP contribution in [0.2, 0.25) is 5.02 Å². The quantitative estimate of drug-likeness (QED) is 0.443. The summed E-state index contributed by atoms with van der Waals surface area (Å²) >= 11 is 6.19. The zero-order chi connectivity index (χ0) is 15.1. The first kappa shape index (κ1) is 18.8. The summed E-state index contributed by atoms with van der Waals surface area (Å²) in [6, 6.07) is 11.7. The molecule has 0 fully saturated rings. The Hall–Kier alpha value is -1.21. The van der Waals surface area contributed by atoms with E-state index in [9.17, 15) is 0 Å². The maximum absolute atomic E-state index is 6.19. The second kappa shape index (κ2) is 9.74. The normalized spacial score (nSPS) is 11.0. The average molecular weight is 434 g/mol. The van der Waals surface area contributed by atoms with Crippen LogP contribution in [-0.2, 0) is 13.0 Å². The Bertz CT molecular complexity index is 587. The molecule has 0 saturated carbocycles. The summed E-state index contributed by atoms with van der Waals surface area (Å²) in [6.45, 7) is 1.48. The van der Waals surface area contributed by atoms with Gasteiger partial charge in [-0.1, -0.05) is 29.8 Å². The van der Waals surface area contributed by atoms with Crippen molar-refractivity contribution in [3.8, 4) is 0 Å². The third-order valence-corrected chi connectivity index (χ3v) is 3.54. The minimum Gasteiger partial charge on any atom is -0.469 e. The van der Waals surface area contributed by atoms with E-state index in [0.717, 1.165) is 35.3 Å². The van der Waals surface area contributed by atoms with Crippen LogP contribution in [0.3, 0.4) is 0 Å². The minimum absolute atomic E-state index is 0. The number of nitrogens with one attached hydrogen (secondary N) is 1. The Morgan fingerprint density at radius 2 is 2.05 bits per heavy atom. The molecule has 0 spiro atoms. The Kier molecular flexibility index (Phi) is 8.34. The molecule has 1 aromatic carbocycles. The third kappa shape index (κ3) is 5.53. The molecule has 1 aromatic heterocycles. The fraction of sp³-hybridized carbons (Fsp3) is 0.312. The first-order valence-corrected chi connectivity index (χ1v) is 7.26. The summed E-state index contributed by atoms with van der Waals surface area (Å²) in [5.41, 5.74) is 1.08. The van der Waals surface area contributed by atoms with E-state index in [1.165, 1.54) is 0 Å². The van der Waals surface area contributed by atoms with Crippen LogP contribution in [0.25, 0.3) is 0 Å². The summed E-state index contributed by atoms with van der Waals surface area (Å²) in [4.78, 5) is 6.34. The predicted octanol–water partition coefficient (Wildman–Crippen LogP) is 3.80. The number of hydrogen-bond acceptors (Lipinski definition) is 2. The van der Waals surface area contributed by atoms with Crippen molar-refractivity contribution in [2.75, 3.05) is 20.6 Å². The van der Waals surface area contributed by atoms with Crippen molar-refractivity contribution in [2.24, 2.45) is 4.99 Å². The van der Waals surface area contributed by atoms with Gasteiger partial charge in [0.05, 0.1) is 6.26 Å². The molecule has 0 atom stereocenters.